The van der Waals surface area contributed by atoms with E-state index < -0.39 is 0 Å². The van der Waals surface area contributed by atoms with E-state index in [4.69, 9.17) is 9.47 Å². The zero-order chi connectivity index (χ0) is 48.7. The van der Waals surface area contributed by atoms with Gasteiger partial charge in [-0.3, -0.25) is 9.59 Å². The number of carbonyl (C=O) groups excluding carboxylic acids is 2. The zero-order valence-corrected chi connectivity index (χ0v) is 46.1. The maximum Gasteiger partial charge on any atom is 0.311 e. The number of rotatable bonds is 11. The first-order valence-corrected chi connectivity index (χ1v) is 29.7. The van der Waals surface area contributed by atoms with Crippen molar-refractivity contribution in [3.63, 3.8) is 0 Å². The molecule has 4 nitrogen and oxygen atoms in total. The molecule has 7 aliphatic rings. The molecule has 68 heavy (non-hydrogen) atoms. The van der Waals surface area contributed by atoms with E-state index in [-0.39, 0.29) is 18.0 Å². The standard InChI is InChI=1S/C64H104O4/c1-36-23-49(19-21-51(36)47(12)65)53-24-39(4)55(26-37(53)2)57-28-43(8)59(30-41(57)6)61-32-46(11)62(33-45(61)10)60-31-42(7)58(29-44(60)9)56-27-38(3)54(25-40(56)5)50-20-22-52(64(66)67-13)63(34-50)68-35-48-17-15-14-16-18-48/h14-18,36-46,49-63H,19-35H2,1-13H3. The normalized spacial score (nSPS) is 49.4. The summed E-state index contributed by atoms with van der Waals surface area (Å²) in [6.45, 7) is 31.4. The number of esters is 1. The number of benzene rings is 1. The second-order valence-electron chi connectivity index (χ2n) is 27.6. The van der Waals surface area contributed by atoms with E-state index >= 15 is 0 Å². The van der Waals surface area contributed by atoms with Crippen molar-refractivity contribution in [2.45, 2.75) is 199 Å². The highest BCUT2D eigenvalue weighted by molar-refractivity contribution is 5.78. The zero-order valence-electron chi connectivity index (χ0n) is 46.1. The highest BCUT2D eigenvalue weighted by Crippen LogP contribution is 2.59. The smallest absolute Gasteiger partial charge is 0.311 e. The summed E-state index contributed by atoms with van der Waals surface area (Å²) >= 11 is 0. The largest absolute Gasteiger partial charge is 0.469 e. The monoisotopic (exact) mass is 937 g/mol. The Bertz CT molecular complexity index is 1770. The molecule has 0 aromatic heterocycles. The average molecular weight is 938 g/mol. The molecule has 7 saturated carbocycles. The average Bonchev–Trinajstić information content (AvgIpc) is 3.31. The van der Waals surface area contributed by atoms with Crippen molar-refractivity contribution in [1.29, 1.82) is 0 Å². The van der Waals surface area contributed by atoms with Crippen LogP contribution in [0.4, 0.5) is 0 Å². The van der Waals surface area contributed by atoms with Gasteiger partial charge in [-0.2, -0.15) is 0 Å². The fourth-order valence-electron chi connectivity index (χ4n) is 19.8. The Balaban J connectivity index is 0.826. The number of Topliss-reactive ketones (excluding diaryl/α,β-unsaturated/α-hetero) is 1. The van der Waals surface area contributed by atoms with Crippen LogP contribution in [0.15, 0.2) is 30.3 Å². The van der Waals surface area contributed by atoms with Gasteiger partial charge in [-0.25, -0.2) is 0 Å². The Morgan fingerprint density at radius 2 is 0.735 bits per heavy atom. The highest BCUT2D eigenvalue weighted by Gasteiger charge is 2.51. The van der Waals surface area contributed by atoms with E-state index in [2.05, 4.69) is 106 Å². The van der Waals surface area contributed by atoms with Crippen LogP contribution in [0, 0.1) is 148 Å². The summed E-state index contributed by atoms with van der Waals surface area (Å²) in [6.07, 6.45) is 21.0. The molecule has 0 aliphatic heterocycles. The van der Waals surface area contributed by atoms with E-state index in [0.29, 0.717) is 30.1 Å². The van der Waals surface area contributed by atoms with Gasteiger partial charge in [-0.05, 0) is 251 Å². The van der Waals surface area contributed by atoms with Crippen molar-refractivity contribution < 1.29 is 19.1 Å². The van der Waals surface area contributed by atoms with Gasteiger partial charge >= 0.3 is 5.97 Å². The molecule has 0 radical (unpaired) electrons. The summed E-state index contributed by atoms with van der Waals surface area (Å²) in [5, 5.41) is 0. The number of hydrogen-bond donors (Lipinski definition) is 0. The molecule has 1 aromatic carbocycles. The van der Waals surface area contributed by atoms with Gasteiger partial charge in [0.05, 0.1) is 25.7 Å². The van der Waals surface area contributed by atoms with Crippen LogP contribution in [-0.2, 0) is 25.7 Å². The lowest BCUT2D eigenvalue weighted by Gasteiger charge is -2.55. The third-order valence-electron chi connectivity index (χ3n) is 23.5. The first kappa shape index (κ1) is 52.6. The molecule has 0 N–H and O–H groups in total. The first-order valence-electron chi connectivity index (χ1n) is 29.7. The van der Waals surface area contributed by atoms with Crippen molar-refractivity contribution >= 4 is 11.8 Å². The molecule has 0 heterocycles. The van der Waals surface area contributed by atoms with Gasteiger partial charge in [-0.1, -0.05) is 106 Å². The minimum atomic E-state index is -0.149. The third kappa shape index (κ3) is 11.3. The van der Waals surface area contributed by atoms with E-state index in [1.54, 1.807) is 7.11 Å². The lowest BCUT2D eigenvalue weighted by molar-refractivity contribution is -0.156. The summed E-state index contributed by atoms with van der Waals surface area (Å²) in [5.74, 6) is 19.4. The van der Waals surface area contributed by atoms with Gasteiger partial charge < -0.3 is 9.47 Å². The lowest BCUT2D eigenvalue weighted by atomic mass is 9.50. The first-order chi connectivity index (χ1) is 32.4. The van der Waals surface area contributed by atoms with Crippen LogP contribution >= 0.6 is 0 Å². The van der Waals surface area contributed by atoms with Crippen LogP contribution in [0.5, 0.6) is 0 Å². The van der Waals surface area contributed by atoms with Crippen molar-refractivity contribution in [2.75, 3.05) is 7.11 Å². The van der Waals surface area contributed by atoms with Crippen LogP contribution < -0.4 is 0 Å². The maximum atomic E-state index is 13.0. The van der Waals surface area contributed by atoms with Gasteiger partial charge in [0.25, 0.3) is 0 Å². The molecule has 1 aromatic rings. The van der Waals surface area contributed by atoms with Crippen molar-refractivity contribution in [1.82, 2.24) is 0 Å². The Kier molecular flexibility index (Phi) is 17.5. The summed E-state index contributed by atoms with van der Waals surface area (Å²) in [7, 11) is 1.54. The minimum Gasteiger partial charge on any atom is -0.469 e. The molecule has 0 bridgehead atoms. The van der Waals surface area contributed by atoms with E-state index in [1.165, 1.54) is 82.6 Å². The fourth-order valence-corrected chi connectivity index (χ4v) is 19.8. The second kappa shape index (κ2) is 22.6. The van der Waals surface area contributed by atoms with Gasteiger partial charge in [-0.15, -0.1) is 0 Å². The van der Waals surface area contributed by atoms with Crippen LogP contribution in [0.1, 0.15) is 191 Å². The number of ketones is 1. The van der Waals surface area contributed by atoms with Crippen LogP contribution in [-0.4, -0.2) is 25.0 Å². The molecule has 384 valence electrons. The van der Waals surface area contributed by atoms with Gasteiger partial charge in [0.1, 0.15) is 5.78 Å². The summed E-state index contributed by atoms with van der Waals surface area (Å²) in [5.41, 5.74) is 1.18. The SMILES string of the molecule is COC(=O)C1CCC(C2CC(C)C(C3CC(C)C(C4CC(C)C(C5CC(C)C(C6CC(C)C(C7CCC(C(C)=O)C(C)C7)CC6C)CC5C)CC4C)CC3C)CC2C)CC1OCc1ccccc1. The fraction of sp³-hybridized carbons (Fsp3) is 0.875. The van der Waals surface area contributed by atoms with Crippen molar-refractivity contribution in [2.24, 2.45) is 148 Å². The van der Waals surface area contributed by atoms with Crippen LogP contribution in [0.25, 0.3) is 0 Å². The molecule has 7 fully saturated rings. The Labute approximate surface area is 418 Å². The molecule has 7 aliphatic carbocycles. The molecule has 26 unspecified atom stereocenters. The molecular weight excluding hydrogens is 833 g/mol. The highest BCUT2D eigenvalue weighted by atomic mass is 16.5. The minimum absolute atomic E-state index is 0.0611. The summed E-state index contributed by atoms with van der Waals surface area (Å²) in [6, 6.07) is 10.5. The van der Waals surface area contributed by atoms with E-state index in [0.717, 1.165) is 150 Å². The molecule has 26 atom stereocenters. The molecular formula is C64H104O4. The summed E-state index contributed by atoms with van der Waals surface area (Å²) < 4.78 is 11.9. The molecule has 0 amide bonds. The lowest BCUT2D eigenvalue weighted by Crippen LogP contribution is -2.47. The predicted octanol–water partition coefficient (Wildman–Crippen LogP) is 16.3. The van der Waals surface area contributed by atoms with Crippen LogP contribution in [0.3, 0.4) is 0 Å². The quantitative estimate of drug-likeness (QED) is 0.208. The summed E-state index contributed by atoms with van der Waals surface area (Å²) in [4.78, 5) is 25.3. The van der Waals surface area contributed by atoms with E-state index in [9.17, 15) is 9.59 Å². The number of hydrogen-bond acceptors (Lipinski definition) is 4. The Hall–Kier alpha value is -1.68. The Morgan fingerprint density at radius 1 is 0.412 bits per heavy atom. The van der Waals surface area contributed by atoms with Crippen molar-refractivity contribution in [3.8, 4) is 0 Å². The molecule has 4 heteroatoms. The van der Waals surface area contributed by atoms with Gasteiger partial charge in [0.2, 0.25) is 0 Å². The third-order valence-corrected chi connectivity index (χ3v) is 23.5. The Morgan fingerprint density at radius 3 is 1.07 bits per heavy atom. The van der Waals surface area contributed by atoms with Gasteiger partial charge in [0.15, 0.2) is 0 Å². The van der Waals surface area contributed by atoms with Crippen molar-refractivity contribution in [3.05, 3.63) is 35.9 Å². The number of ether oxygens (including phenoxy) is 2. The van der Waals surface area contributed by atoms with E-state index in [1.807, 2.05) is 6.92 Å². The van der Waals surface area contributed by atoms with Gasteiger partial charge in [0, 0.05) is 5.92 Å². The number of carbonyl (C=O) groups is 2. The van der Waals surface area contributed by atoms with Crippen LogP contribution in [0.2, 0.25) is 0 Å². The molecule has 0 saturated heterocycles. The molecule has 0 spiro atoms. The topological polar surface area (TPSA) is 52.6 Å². The predicted molar refractivity (Wildman–Crippen MR) is 281 cm³/mol. The molecule has 8 rings (SSSR count). The second-order valence-corrected chi connectivity index (χ2v) is 27.6. The maximum absolute atomic E-state index is 13.0. The number of methoxy groups -OCH3 is 1.